The third-order valence-corrected chi connectivity index (χ3v) is 5.21. The first-order valence-corrected chi connectivity index (χ1v) is 8.98. The van der Waals surface area contributed by atoms with E-state index in [4.69, 9.17) is 0 Å². The molecular formula is C20H22N4O2. The molecule has 1 aromatic heterocycles. The molecule has 134 valence electrons. The van der Waals surface area contributed by atoms with E-state index < -0.39 is 0 Å². The fourth-order valence-corrected chi connectivity index (χ4v) is 3.85. The summed E-state index contributed by atoms with van der Waals surface area (Å²) in [6.45, 7) is 4.47. The van der Waals surface area contributed by atoms with Gasteiger partial charge in [-0.25, -0.2) is 0 Å². The molecule has 1 fully saturated rings. The summed E-state index contributed by atoms with van der Waals surface area (Å²) in [4.78, 5) is 33.8. The Morgan fingerprint density at radius 2 is 1.92 bits per heavy atom. The lowest BCUT2D eigenvalue weighted by molar-refractivity contribution is -0.119. The third kappa shape index (κ3) is 2.92. The molecule has 1 atom stereocenters. The van der Waals surface area contributed by atoms with Crippen molar-refractivity contribution < 1.29 is 9.59 Å². The SMILES string of the molecule is CC1Cc2ccccc2N1c1cncc(C(=O)N2CCN(C=O)CC2)c1. The molecule has 0 N–H and O–H groups in total. The number of aromatic nitrogens is 1. The number of carbonyl (C=O) groups excluding carboxylic acids is 2. The molecule has 4 rings (SSSR count). The molecule has 2 amide bonds. The molecule has 3 heterocycles. The molecule has 1 aromatic carbocycles. The number of hydrogen-bond donors (Lipinski definition) is 0. The Morgan fingerprint density at radius 1 is 1.15 bits per heavy atom. The lowest BCUT2D eigenvalue weighted by Crippen LogP contribution is -2.48. The predicted molar refractivity (Wildman–Crippen MR) is 99.5 cm³/mol. The zero-order valence-corrected chi connectivity index (χ0v) is 14.8. The Bertz CT molecular complexity index is 830. The van der Waals surface area contributed by atoms with Gasteiger partial charge in [0.1, 0.15) is 0 Å². The zero-order valence-electron chi connectivity index (χ0n) is 14.8. The number of benzene rings is 1. The molecule has 6 heteroatoms. The van der Waals surface area contributed by atoms with E-state index in [1.54, 1.807) is 16.0 Å². The number of nitrogens with zero attached hydrogens (tertiary/aromatic N) is 4. The van der Waals surface area contributed by atoms with E-state index in [0.29, 0.717) is 37.8 Å². The number of carbonyl (C=O) groups is 2. The van der Waals surface area contributed by atoms with Crippen LogP contribution in [-0.2, 0) is 11.2 Å². The Morgan fingerprint density at radius 3 is 2.69 bits per heavy atom. The average molecular weight is 350 g/mol. The van der Waals surface area contributed by atoms with Gasteiger partial charge < -0.3 is 14.7 Å². The summed E-state index contributed by atoms with van der Waals surface area (Å²) in [7, 11) is 0. The highest BCUT2D eigenvalue weighted by Crippen LogP contribution is 2.37. The van der Waals surface area contributed by atoms with E-state index in [-0.39, 0.29) is 5.91 Å². The van der Waals surface area contributed by atoms with Crippen LogP contribution in [0.2, 0.25) is 0 Å². The van der Waals surface area contributed by atoms with Crippen LogP contribution in [-0.4, -0.2) is 59.3 Å². The standard InChI is InChI=1S/C20H22N4O2/c1-15-10-16-4-2-3-5-19(16)24(15)18-11-17(12-21-13-18)20(26)23-8-6-22(14-25)7-9-23/h2-5,11-15H,6-10H2,1H3. The maximum Gasteiger partial charge on any atom is 0.255 e. The molecule has 2 aromatic rings. The Labute approximate surface area is 153 Å². The van der Waals surface area contributed by atoms with Crippen LogP contribution in [0.4, 0.5) is 11.4 Å². The van der Waals surface area contributed by atoms with Gasteiger partial charge in [-0.15, -0.1) is 0 Å². The second kappa shape index (κ2) is 6.78. The molecular weight excluding hydrogens is 328 g/mol. The van der Waals surface area contributed by atoms with E-state index in [1.165, 1.54) is 11.3 Å². The first-order valence-electron chi connectivity index (χ1n) is 8.98. The lowest BCUT2D eigenvalue weighted by atomic mass is 10.1. The Hall–Kier alpha value is -2.89. The van der Waals surface area contributed by atoms with Crippen LogP contribution in [0.15, 0.2) is 42.7 Å². The number of amides is 2. The summed E-state index contributed by atoms with van der Waals surface area (Å²) >= 11 is 0. The van der Waals surface area contributed by atoms with Crippen LogP contribution in [0.3, 0.4) is 0 Å². The normalized spacial score (nSPS) is 19.4. The fraction of sp³-hybridized carbons (Fsp3) is 0.350. The lowest BCUT2D eigenvalue weighted by Gasteiger charge is -2.32. The zero-order chi connectivity index (χ0) is 18.1. The van der Waals surface area contributed by atoms with Gasteiger partial charge in [0, 0.05) is 44.1 Å². The van der Waals surface area contributed by atoms with Gasteiger partial charge >= 0.3 is 0 Å². The van der Waals surface area contributed by atoms with Crippen molar-refractivity contribution in [3.8, 4) is 0 Å². The highest BCUT2D eigenvalue weighted by Gasteiger charge is 2.28. The topological polar surface area (TPSA) is 56.8 Å². The first kappa shape index (κ1) is 16.6. The summed E-state index contributed by atoms with van der Waals surface area (Å²) in [6, 6.07) is 10.6. The molecule has 2 aliphatic rings. The van der Waals surface area contributed by atoms with Crippen LogP contribution in [0.5, 0.6) is 0 Å². The van der Waals surface area contributed by atoms with Crippen LogP contribution in [0, 0.1) is 0 Å². The summed E-state index contributed by atoms with van der Waals surface area (Å²) in [5.74, 6) is -0.0231. The first-order chi connectivity index (χ1) is 12.7. The number of piperazine rings is 1. The van der Waals surface area contributed by atoms with Crippen molar-refractivity contribution in [1.29, 1.82) is 0 Å². The summed E-state index contributed by atoms with van der Waals surface area (Å²) in [5.41, 5.74) is 4.05. The van der Waals surface area contributed by atoms with Gasteiger partial charge in [0.2, 0.25) is 6.41 Å². The number of para-hydroxylation sites is 1. The molecule has 0 radical (unpaired) electrons. The number of rotatable bonds is 3. The number of anilines is 2. The van der Waals surface area contributed by atoms with Crippen molar-refractivity contribution in [2.45, 2.75) is 19.4 Å². The van der Waals surface area contributed by atoms with Gasteiger partial charge in [-0.05, 0) is 31.0 Å². The largest absolute Gasteiger partial charge is 0.342 e. The molecule has 2 aliphatic heterocycles. The maximum atomic E-state index is 12.8. The molecule has 26 heavy (non-hydrogen) atoms. The Balaban J connectivity index is 1.58. The van der Waals surface area contributed by atoms with Crippen molar-refractivity contribution in [3.05, 3.63) is 53.9 Å². The summed E-state index contributed by atoms with van der Waals surface area (Å²) < 4.78 is 0. The highest BCUT2D eigenvalue weighted by atomic mass is 16.2. The minimum Gasteiger partial charge on any atom is -0.342 e. The van der Waals surface area contributed by atoms with Gasteiger partial charge in [0.25, 0.3) is 5.91 Å². The summed E-state index contributed by atoms with van der Waals surface area (Å²) in [5, 5.41) is 0. The van der Waals surface area contributed by atoms with Gasteiger partial charge in [-0.3, -0.25) is 14.6 Å². The third-order valence-electron chi connectivity index (χ3n) is 5.21. The minimum absolute atomic E-state index is 0.0231. The minimum atomic E-state index is -0.0231. The summed E-state index contributed by atoms with van der Waals surface area (Å²) in [6.07, 6.45) is 5.28. The van der Waals surface area contributed by atoms with Gasteiger partial charge in [-0.2, -0.15) is 0 Å². The van der Waals surface area contributed by atoms with Crippen LogP contribution in [0.1, 0.15) is 22.8 Å². The number of fused-ring (bicyclic) bond motifs is 1. The molecule has 6 nitrogen and oxygen atoms in total. The average Bonchev–Trinajstić information content (AvgIpc) is 3.03. The van der Waals surface area contributed by atoms with E-state index in [9.17, 15) is 9.59 Å². The number of hydrogen-bond acceptors (Lipinski definition) is 4. The second-order valence-corrected chi connectivity index (χ2v) is 6.92. The fourth-order valence-electron chi connectivity index (χ4n) is 3.85. The molecule has 0 aliphatic carbocycles. The Kier molecular flexibility index (Phi) is 4.32. The van der Waals surface area contributed by atoms with Crippen molar-refractivity contribution >= 4 is 23.7 Å². The van der Waals surface area contributed by atoms with Crippen LogP contribution in [0.25, 0.3) is 0 Å². The van der Waals surface area contributed by atoms with Crippen LogP contribution >= 0.6 is 0 Å². The second-order valence-electron chi connectivity index (χ2n) is 6.92. The van der Waals surface area contributed by atoms with E-state index in [0.717, 1.165) is 18.5 Å². The van der Waals surface area contributed by atoms with Crippen molar-refractivity contribution in [3.63, 3.8) is 0 Å². The van der Waals surface area contributed by atoms with E-state index >= 15 is 0 Å². The molecule has 1 unspecified atom stereocenters. The van der Waals surface area contributed by atoms with Crippen LogP contribution < -0.4 is 4.90 Å². The highest BCUT2D eigenvalue weighted by molar-refractivity contribution is 5.95. The molecule has 0 spiro atoms. The molecule has 0 saturated carbocycles. The monoisotopic (exact) mass is 350 g/mol. The smallest absolute Gasteiger partial charge is 0.255 e. The van der Waals surface area contributed by atoms with Gasteiger partial charge in [0.15, 0.2) is 0 Å². The van der Waals surface area contributed by atoms with E-state index in [1.807, 2.05) is 18.3 Å². The van der Waals surface area contributed by atoms with Gasteiger partial charge in [-0.1, -0.05) is 18.2 Å². The van der Waals surface area contributed by atoms with Crippen molar-refractivity contribution in [1.82, 2.24) is 14.8 Å². The van der Waals surface area contributed by atoms with Crippen molar-refractivity contribution in [2.24, 2.45) is 0 Å². The van der Waals surface area contributed by atoms with Gasteiger partial charge in [0.05, 0.1) is 17.4 Å². The predicted octanol–water partition coefficient (Wildman–Crippen LogP) is 2.08. The maximum absolute atomic E-state index is 12.8. The quantitative estimate of drug-likeness (QED) is 0.796. The number of pyridine rings is 1. The van der Waals surface area contributed by atoms with Crippen molar-refractivity contribution in [2.75, 3.05) is 31.1 Å². The molecule has 0 bridgehead atoms. The molecule has 1 saturated heterocycles. The van der Waals surface area contributed by atoms with E-state index in [2.05, 4.69) is 35.0 Å².